The summed E-state index contributed by atoms with van der Waals surface area (Å²) in [6.07, 6.45) is 16.0. The summed E-state index contributed by atoms with van der Waals surface area (Å²) in [6, 6.07) is 1.14. The van der Waals surface area contributed by atoms with Crippen LogP contribution in [0.15, 0.2) is 11.6 Å². The number of unbranched alkanes of at least 4 members (excludes halogenated alkanes) is 7. The molecule has 1 aliphatic heterocycles. The van der Waals surface area contributed by atoms with Crippen LogP contribution in [-0.2, 0) is 9.47 Å². The molecule has 25 heavy (non-hydrogen) atoms. The minimum atomic E-state index is -1.10. The molecule has 1 atom stereocenters. The zero-order valence-electron chi connectivity index (χ0n) is 17.0. The van der Waals surface area contributed by atoms with Crippen molar-refractivity contribution in [3.63, 3.8) is 0 Å². The van der Waals surface area contributed by atoms with Gasteiger partial charge in [0.25, 0.3) is 0 Å². The molecule has 3 nitrogen and oxygen atoms in total. The molecule has 0 bridgehead atoms. The number of aliphatic hydroxyl groups excluding tert-OH is 1. The third-order valence-corrected chi connectivity index (χ3v) is 6.20. The van der Waals surface area contributed by atoms with Crippen molar-refractivity contribution in [3.8, 4) is 0 Å². The predicted molar refractivity (Wildman–Crippen MR) is 110 cm³/mol. The lowest BCUT2D eigenvalue weighted by Crippen LogP contribution is -2.22. The molecule has 1 fully saturated rings. The highest BCUT2D eigenvalue weighted by atomic mass is 28.3. The van der Waals surface area contributed by atoms with E-state index < -0.39 is 8.07 Å². The Bertz CT molecular complexity index is 344. The van der Waals surface area contributed by atoms with Crippen LogP contribution < -0.4 is 0 Å². The Hall–Kier alpha value is -0.163. The molecule has 0 aromatic carbocycles. The van der Waals surface area contributed by atoms with Gasteiger partial charge in [0.1, 0.15) is 0 Å². The lowest BCUT2D eigenvalue weighted by Gasteiger charge is -2.22. The molecule has 1 aliphatic rings. The van der Waals surface area contributed by atoms with Crippen LogP contribution in [-0.4, -0.2) is 39.3 Å². The van der Waals surface area contributed by atoms with E-state index in [0.717, 1.165) is 32.1 Å². The molecular formula is C21H42O3Si. The topological polar surface area (TPSA) is 38.7 Å². The molecule has 4 heteroatoms. The van der Waals surface area contributed by atoms with E-state index in [1.54, 1.807) is 0 Å². The van der Waals surface area contributed by atoms with Crippen molar-refractivity contribution in [1.29, 1.82) is 0 Å². The van der Waals surface area contributed by atoms with E-state index in [1.165, 1.54) is 63.4 Å². The van der Waals surface area contributed by atoms with Crippen molar-refractivity contribution in [1.82, 2.24) is 0 Å². The van der Waals surface area contributed by atoms with E-state index in [-0.39, 0.29) is 12.9 Å². The first kappa shape index (κ1) is 22.9. The van der Waals surface area contributed by atoms with Gasteiger partial charge >= 0.3 is 0 Å². The Morgan fingerprint density at radius 1 is 1.04 bits per heavy atom. The molecule has 0 aromatic heterocycles. The van der Waals surface area contributed by atoms with Gasteiger partial charge in [0.2, 0.25) is 0 Å². The summed E-state index contributed by atoms with van der Waals surface area (Å²) in [4.78, 5) is 0. The molecule has 0 amide bonds. The Balaban J connectivity index is 1.88. The average Bonchev–Trinajstić information content (AvgIpc) is 2.58. The largest absolute Gasteiger partial charge is 0.392 e. The standard InChI is InChI=1S/C21H42O3Si/c1-25(2,3)19-20(18-22)14-10-8-6-4-5-7-9-12-16-23-21-15-11-13-17-24-21/h14,21-22H,4-13,15-19H2,1-3H3/b20-14+. The van der Waals surface area contributed by atoms with Gasteiger partial charge in [0.15, 0.2) is 6.29 Å². The van der Waals surface area contributed by atoms with Crippen molar-refractivity contribution in [2.75, 3.05) is 19.8 Å². The average molecular weight is 371 g/mol. The van der Waals surface area contributed by atoms with Crippen molar-refractivity contribution < 1.29 is 14.6 Å². The van der Waals surface area contributed by atoms with E-state index in [0.29, 0.717) is 0 Å². The Kier molecular flexibility index (Phi) is 12.8. The van der Waals surface area contributed by atoms with Gasteiger partial charge in [-0.15, -0.1) is 0 Å². The molecule has 0 spiro atoms. The molecule has 148 valence electrons. The van der Waals surface area contributed by atoms with Crippen LogP contribution in [0.5, 0.6) is 0 Å². The molecule has 0 saturated carbocycles. The van der Waals surface area contributed by atoms with Gasteiger partial charge in [-0.2, -0.15) is 0 Å². The summed E-state index contributed by atoms with van der Waals surface area (Å²) in [5.74, 6) is 0. The van der Waals surface area contributed by atoms with Crippen LogP contribution in [0.3, 0.4) is 0 Å². The number of hydrogen-bond donors (Lipinski definition) is 1. The molecule has 0 radical (unpaired) electrons. The number of rotatable bonds is 14. The van der Waals surface area contributed by atoms with Crippen LogP contribution in [0.4, 0.5) is 0 Å². The van der Waals surface area contributed by atoms with E-state index in [4.69, 9.17) is 9.47 Å². The van der Waals surface area contributed by atoms with Crippen molar-refractivity contribution in [2.45, 2.75) is 103 Å². The van der Waals surface area contributed by atoms with Crippen LogP contribution >= 0.6 is 0 Å². The third-order valence-electron chi connectivity index (χ3n) is 4.68. The van der Waals surface area contributed by atoms with Crippen LogP contribution in [0.1, 0.15) is 70.6 Å². The second-order valence-corrected chi connectivity index (χ2v) is 14.2. The fourth-order valence-corrected chi connectivity index (χ4v) is 4.99. The molecule has 1 unspecified atom stereocenters. The zero-order valence-corrected chi connectivity index (χ0v) is 18.0. The normalized spacial score (nSPS) is 19.4. The zero-order chi connectivity index (χ0) is 18.4. The lowest BCUT2D eigenvalue weighted by molar-refractivity contribution is -0.162. The third kappa shape index (κ3) is 13.7. The fourth-order valence-electron chi connectivity index (χ4n) is 3.37. The molecular weight excluding hydrogens is 328 g/mol. The molecule has 1 N–H and O–H groups in total. The fraction of sp³-hybridized carbons (Fsp3) is 0.905. The highest BCUT2D eigenvalue weighted by Gasteiger charge is 2.14. The summed E-state index contributed by atoms with van der Waals surface area (Å²) < 4.78 is 11.3. The maximum atomic E-state index is 9.45. The number of hydrogen-bond acceptors (Lipinski definition) is 3. The van der Waals surface area contributed by atoms with Crippen LogP contribution in [0.2, 0.25) is 25.7 Å². The Morgan fingerprint density at radius 3 is 2.32 bits per heavy atom. The maximum Gasteiger partial charge on any atom is 0.157 e. The van der Waals surface area contributed by atoms with E-state index in [9.17, 15) is 5.11 Å². The summed E-state index contributed by atoms with van der Waals surface area (Å²) in [5, 5.41) is 9.45. The second-order valence-electron chi connectivity index (χ2n) is 8.69. The number of ether oxygens (including phenoxy) is 2. The van der Waals surface area contributed by atoms with Crippen molar-refractivity contribution in [2.24, 2.45) is 0 Å². The molecule has 0 aromatic rings. The summed E-state index contributed by atoms with van der Waals surface area (Å²) in [5.41, 5.74) is 1.26. The quantitative estimate of drug-likeness (QED) is 0.235. The van der Waals surface area contributed by atoms with Crippen molar-refractivity contribution in [3.05, 3.63) is 11.6 Å². The smallest absolute Gasteiger partial charge is 0.157 e. The second kappa shape index (κ2) is 14.0. The minimum absolute atomic E-state index is 0.0755. The van der Waals surface area contributed by atoms with E-state index >= 15 is 0 Å². The first-order chi connectivity index (χ1) is 12.0. The van der Waals surface area contributed by atoms with Gasteiger partial charge in [0, 0.05) is 21.3 Å². The van der Waals surface area contributed by atoms with Gasteiger partial charge < -0.3 is 14.6 Å². The summed E-state index contributed by atoms with van der Waals surface area (Å²) >= 11 is 0. The van der Waals surface area contributed by atoms with Crippen LogP contribution in [0.25, 0.3) is 0 Å². The van der Waals surface area contributed by atoms with Crippen molar-refractivity contribution >= 4 is 8.07 Å². The first-order valence-electron chi connectivity index (χ1n) is 10.5. The van der Waals surface area contributed by atoms with Gasteiger partial charge in [-0.05, 0) is 44.6 Å². The highest BCUT2D eigenvalue weighted by molar-refractivity contribution is 6.76. The molecule has 1 rings (SSSR count). The Labute approximate surface area is 157 Å². The molecule has 1 heterocycles. The van der Waals surface area contributed by atoms with Gasteiger partial charge in [-0.3, -0.25) is 0 Å². The Morgan fingerprint density at radius 2 is 1.72 bits per heavy atom. The first-order valence-corrected chi connectivity index (χ1v) is 14.2. The lowest BCUT2D eigenvalue weighted by atomic mass is 10.1. The van der Waals surface area contributed by atoms with Gasteiger partial charge in [-0.25, -0.2) is 0 Å². The van der Waals surface area contributed by atoms with Gasteiger partial charge in [0.05, 0.1) is 6.61 Å². The maximum absolute atomic E-state index is 9.45. The number of allylic oxidation sites excluding steroid dienone is 1. The van der Waals surface area contributed by atoms with E-state index in [1.807, 2.05) is 0 Å². The number of aliphatic hydroxyl groups is 1. The van der Waals surface area contributed by atoms with Gasteiger partial charge in [-0.1, -0.05) is 63.4 Å². The SMILES string of the molecule is C[Si](C)(C)C/C(=C/CCCCCCCCCOC1CCCCO1)CO. The van der Waals surface area contributed by atoms with E-state index in [2.05, 4.69) is 25.7 Å². The summed E-state index contributed by atoms with van der Waals surface area (Å²) in [7, 11) is -1.10. The molecule has 1 saturated heterocycles. The molecule has 0 aliphatic carbocycles. The summed E-state index contributed by atoms with van der Waals surface area (Å²) in [6.45, 7) is 9.07. The monoisotopic (exact) mass is 370 g/mol. The predicted octanol–water partition coefficient (Wildman–Crippen LogP) is 5.91. The minimum Gasteiger partial charge on any atom is -0.392 e. The van der Waals surface area contributed by atoms with Crippen LogP contribution in [0, 0.1) is 0 Å². The highest BCUT2D eigenvalue weighted by Crippen LogP contribution is 2.18.